The summed E-state index contributed by atoms with van der Waals surface area (Å²) in [5.74, 6) is 0.598. The fourth-order valence-corrected chi connectivity index (χ4v) is 2.45. The van der Waals surface area contributed by atoms with Gasteiger partial charge in [-0.3, -0.25) is 9.59 Å². The van der Waals surface area contributed by atoms with Crippen molar-refractivity contribution >= 4 is 29.9 Å². The monoisotopic (exact) mass is 323 g/mol. The van der Waals surface area contributed by atoms with Gasteiger partial charge in [-0.05, 0) is 49.8 Å². The highest BCUT2D eigenvalue weighted by molar-refractivity contribution is 5.98. The number of nitrogens with one attached hydrogen (secondary N) is 2. The van der Waals surface area contributed by atoms with Crippen LogP contribution in [0.1, 0.15) is 36.0 Å². The van der Waals surface area contributed by atoms with Crippen LogP contribution in [0.25, 0.3) is 0 Å². The normalized spacial score (nSPS) is 18.0. The standard InChI is InChI=1S/C16H21N3O2.ClH/c17-9-14(10-4-5-10)19-16(21)12-2-1-3-13(8-12)18-15(20)11-6-7-11;/h1-3,8,10-11,14H,4-7,9,17H2,(H,18,20)(H,19,21);1H. The van der Waals surface area contributed by atoms with Crippen molar-refractivity contribution in [1.29, 1.82) is 0 Å². The third-order valence-electron chi connectivity index (χ3n) is 4.10. The Morgan fingerprint density at radius 1 is 1.23 bits per heavy atom. The molecular formula is C16H22ClN3O2. The van der Waals surface area contributed by atoms with Gasteiger partial charge in [0.2, 0.25) is 5.91 Å². The van der Waals surface area contributed by atoms with Gasteiger partial charge >= 0.3 is 0 Å². The van der Waals surface area contributed by atoms with Gasteiger partial charge in [0.05, 0.1) is 0 Å². The first-order valence-corrected chi connectivity index (χ1v) is 7.59. The predicted molar refractivity (Wildman–Crippen MR) is 88.1 cm³/mol. The Hall–Kier alpha value is -1.59. The Bertz CT molecular complexity index is 556. The van der Waals surface area contributed by atoms with E-state index in [9.17, 15) is 9.59 Å². The van der Waals surface area contributed by atoms with E-state index in [4.69, 9.17) is 5.73 Å². The molecule has 3 rings (SSSR count). The molecule has 5 nitrogen and oxygen atoms in total. The number of nitrogens with two attached hydrogens (primary N) is 1. The van der Waals surface area contributed by atoms with Crippen molar-refractivity contribution in [2.45, 2.75) is 31.7 Å². The summed E-state index contributed by atoms with van der Waals surface area (Å²) in [7, 11) is 0. The molecule has 1 aromatic rings. The van der Waals surface area contributed by atoms with Crippen LogP contribution in [0.5, 0.6) is 0 Å². The van der Waals surface area contributed by atoms with Crippen molar-refractivity contribution in [2.24, 2.45) is 17.6 Å². The number of carbonyl (C=O) groups excluding carboxylic acids is 2. The van der Waals surface area contributed by atoms with E-state index in [1.165, 1.54) is 0 Å². The topological polar surface area (TPSA) is 84.2 Å². The number of amides is 2. The van der Waals surface area contributed by atoms with Crippen molar-refractivity contribution in [1.82, 2.24) is 5.32 Å². The Morgan fingerprint density at radius 2 is 1.95 bits per heavy atom. The number of hydrogen-bond donors (Lipinski definition) is 3. The van der Waals surface area contributed by atoms with Gasteiger partial charge < -0.3 is 16.4 Å². The molecule has 120 valence electrons. The zero-order valence-corrected chi connectivity index (χ0v) is 13.2. The largest absolute Gasteiger partial charge is 0.348 e. The summed E-state index contributed by atoms with van der Waals surface area (Å²) in [6.07, 6.45) is 4.20. The number of rotatable bonds is 6. The van der Waals surface area contributed by atoms with Crippen LogP contribution in [0.4, 0.5) is 5.69 Å². The Kier molecular flexibility index (Phi) is 5.42. The zero-order chi connectivity index (χ0) is 14.8. The Morgan fingerprint density at radius 3 is 2.55 bits per heavy atom. The van der Waals surface area contributed by atoms with E-state index in [0.29, 0.717) is 23.7 Å². The van der Waals surface area contributed by atoms with Gasteiger partial charge in [0.1, 0.15) is 0 Å². The maximum atomic E-state index is 12.3. The van der Waals surface area contributed by atoms with E-state index in [1.807, 2.05) is 0 Å². The molecule has 1 aromatic carbocycles. The molecule has 2 amide bonds. The van der Waals surface area contributed by atoms with E-state index in [-0.39, 0.29) is 36.2 Å². The van der Waals surface area contributed by atoms with Gasteiger partial charge in [-0.15, -0.1) is 12.4 Å². The summed E-state index contributed by atoms with van der Waals surface area (Å²) in [6, 6.07) is 7.12. The molecule has 2 saturated carbocycles. The number of benzene rings is 1. The lowest BCUT2D eigenvalue weighted by Crippen LogP contribution is -2.41. The lowest BCUT2D eigenvalue weighted by molar-refractivity contribution is -0.117. The maximum absolute atomic E-state index is 12.3. The summed E-state index contributed by atoms with van der Waals surface area (Å²) in [5.41, 5.74) is 6.94. The van der Waals surface area contributed by atoms with Crippen molar-refractivity contribution in [3.8, 4) is 0 Å². The molecule has 0 radical (unpaired) electrons. The minimum Gasteiger partial charge on any atom is -0.348 e. The molecule has 0 spiro atoms. The minimum atomic E-state index is -0.125. The molecule has 0 saturated heterocycles. The minimum absolute atomic E-state index is 0. The quantitative estimate of drug-likeness (QED) is 0.748. The van der Waals surface area contributed by atoms with Crippen molar-refractivity contribution in [3.05, 3.63) is 29.8 Å². The average molecular weight is 324 g/mol. The van der Waals surface area contributed by atoms with Crippen LogP contribution in [-0.4, -0.2) is 24.4 Å². The molecule has 0 heterocycles. The van der Waals surface area contributed by atoms with Crippen LogP contribution in [0.15, 0.2) is 24.3 Å². The van der Waals surface area contributed by atoms with E-state index in [0.717, 1.165) is 25.7 Å². The highest BCUT2D eigenvalue weighted by Gasteiger charge is 2.31. The summed E-state index contributed by atoms with van der Waals surface area (Å²) in [4.78, 5) is 24.0. The molecule has 0 aromatic heterocycles. The van der Waals surface area contributed by atoms with Gasteiger partial charge in [0.25, 0.3) is 5.91 Å². The summed E-state index contributed by atoms with van der Waals surface area (Å²) in [5, 5.41) is 5.84. The second-order valence-corrected chi connectivity index (χ2v) is 6.00. The number of halogens is 1. The molecule has 0 aliphatic heterocycles. The van der Waals surface area contributed by atoms with Crippen LogP contribution in [-0.2, 0) is 4.79 Å². The van der Waals surface area contributed by atoms with Gasteiger partial charge in [0, 0.05) is 29.8 Å². The van der Waals surface area contributed by atoms with Crippen molar-refractivity contribution in [2.75, 3.05) is 11.9 Å². The fourth-order valence-electron chi connectivity index (χ4n) is 2.45. The SMILES string of the molecule is Cl.NCC(NC(=O)c1cccc(NC(=O)C2CC2)c1)C1CC1. The van der Waals surface area contributed by atoms with E-state index >= 15 is 0 Å². The second-order valence-electron chi connectivity index (χ2n) is 6.00. The first-order chi connectivity index (χ1) is 10.2. The highest BCUT2D eigenvalue weighted by atomic mass is 35.5. The molecule has 1 unspecified atom stereocenters. The smallest absolute Gasteiger partial charge is 0.251 e. The predicted octanol–water partition coefficient (Wildman–Crippen LogP) is 1.92. The average Bonchev–Trinajstić information content (AvgIpc) is 3.37. The molecule has 1 atom stereocenters. The van der Waals surface area contributed by atoms with E-state index < -0.39 is 0 Å². The summed E-state index contributed by atoms with van der Waals surface area (Å²) < 4.78 is 0. The first kappa shape index (κ1) is 16.8. The third kappa shape index (κ3) is 4.21. The highest BCUT2D eigenvalue weighted by Crippen LogP contribution is 2.32. The van der Waals surface area contributed by atoms with Crippen LogP contribution in [0.3, 0.4) is 0 Å². The lowest BCUT2D eigenvalue weighted by Gasteiger charge is -2.16. The Balaban J connectivity index is 0.00000176. The van der Waals surface area contributed by atoms with E-state index in [1.54, 1.807) is 24.3 Å². The number of anilines is 1. The Labute approximate surface area is 136 Å². The molecule has 0 bridgehead atoms. The second kappa shape index (κ2) is 7.11. The van der Waals surface area contributed by atoms with Crippen LogP contribution in [0, 0.1) is 11.8 Å². The number of carbonyl (C=O) groups is 2. The van der Waals surface area contributed by atoms with Gasteiger partial charge in [0.15, 0.2) is 0 Å². The molecule has 22 heavy (non-hydrogen) atoms. The van der Waals surface area contributed by atoms with Crippen LogP contribution in [0.2, 0.25) is 0 Å². The van der Waals surface area contributed by atoms with E-state index in [2.05, 4.69) is 10.6 Å². The number of hydrogen-bond acceptors (Lipinski definition) is 3. The van der Waals surface area contributed by atoms with Crippen molar-refractivity contribution in [3.63, 3.8) is 0 Å². The van der Waals surface area contributed by atoms with Crippen LogP contribution >= 0.6 is 12.4 Å². The van der Waals surface area contributed by atoms with Gasteiger partial charge in [-0.2, -0.15) is 0 Å². The zero-order valence-electron chi connectivity index (χ0n) is 12.4. The fraction of sp³-hybridized carbons (Fsp3) is 0.500. The molecule has 4 N–H and O–H groups in total. The lowest BCUT2D eigenvalue weighted by atomic mass is 10.1. The molecular weight excluding hydrogens is 302 g/mol. The molecule has 2 aliphatic rings. The van der Waals surface area contributed by atoms with Gasteiger partial charge in [-0.25, -0.2) is 0 Å². The third-order valence-corrected chi connectivity index (χ3v) is 4.10. The summed E-state index contributed by atoms with van der Waals surface area (Å²) in [6.45, 7) is 0.467. The molecule has 2 fully saturated rings. The van der Waals surface area contributed by atoms with Gasteiger partial charge in [-0.1, -0.05) is 6.07 Å². The van der Waals surface area contributed by atoms with Crippen LogP contribution < -0.4 is 16.4 Å². The maximum Gasteiger partial charge on any atom is 0.251 e. The summed E-state index contributed by atoms with van der Waals surface area (Å²) >= 11 is 0. The van der Waals surface area contributed by atoms with Crippen molar-refractivity contribution < 1.29 is 9.59 Å². The molecule has 2 aliphatic carbocycles. The first-order valence-electron chi connectivity index (χ1n) is 7.59. The molecule has 6 heteroatoms.